The first kappa shape index (κ1) is 14.7. The fourth-order valence-electron chi connectivity index (χ4n) is 1.87. The van der Waals surface area contributed by atoms with Gasteiger partial charge in [0.05, 0.1) is 9.21 Å². The van der Waals surface area contributed by atoms with Crippen molar-refractivity contribution < 1.29 is 9.21 Å². The van der Waals surface area contributed by atoms with Gasteiger partial charge in [0.2, 0.25) is 0 Å². The van der Waals surface area contributed by atoms with Gasteiger partial charge in [-0.15, -0.1) is 16.4 Å². The first-order valence-corrected chi connectivity index (χ1v) is 7.68. The van der Waals surface area contributed by atoms with Crippen LogP contribution in [0.2, 0.25) is 4.34 Å². The second kappa shape index (κ2) is 5.90. The van der Waals surface area contributed by atoms with Crippen molar-refractivity contribution in [2.24, 2.45) is 0 Å². The summed E-state index contributed by atoms with van der Waals surface area (Å²) >= 11 is 6.98. The van der Waals surface area contributed by atoms with Crippen molar-refractivity contribution in [1.29, 1.82) is 0 Å². The van der Waals surface area contributed by atoms with Crippen LogP contribution in [0.1, 0.15) is 29.6 Å². The van der Waals surface area contributed by atoms with Crippen molar-refractivity contribution in [2.75, 3.05) is 5.32 Å². The van der Waals surface area contributed by atoms with Crippen LogP contribution in [-0.2, 0) is 0 Å². The number of nitrogens with one attached hydrogen (secondary N) is 1. The molecule has 0 aliphatic carbocycles. The van der Waals surface area contributed by atoms with Crippen LogP contribution in [0.5, 0.6) is 0 Å². The number of thiophene rings is 1. The molecular formula is C13H12ClN5O2S. The van der Waals surface area contributed by atoms with Gasteiger partial charge < -0.3 is 4.42 Å². The summed E-state index contributed by atoms with van der Waals surface area (Å²) in [4.78, 5) is 12.5. The van der Waals surface area contributed by atoms with E-state index in [4.69, 9.17) is 16.0 Å². The Morgan fingerprint density at radius 3 is 2.86 bits per heavy atom. The predicted molar refractivity (Wildman–Crippen MR) is 83.2 cm³/mol. The minimum absolute atomic E-state index is 0.0287. The lowest BCUT2D eigenvalue weighted by molar-refractivity contribution is 0.102. The molecule has 3 aromatic rings. The van der Waals surface area contributed by atoms with E-state index >= 15 is 0 Å². The lowest BCUT2D eigenvalue weighted by Crippen LogP contribution is -2.10. The molecule has 3 heterocycles. The first-order valence-electron chi connectivity index (χ1n) is 6.48. The third-order valence-electron chi connectivity index (χ3n) is 2.82. The average Bonchev–Trinajstić information content (AvgIpc) is 3.16. The van der Waals surface area contributed by atoms with Crippen LogP contribution in [0.25, 0.3) is 11.6 Å². The number of halogens is 1. The predicted octanol–water partition coefficient (Wildman–Crippen LogP) is 3.48. The van der Waals surface area contributed by atoms with E-state index in [-0.39, 0.29) is 18.0 Å². The minimum atomic E-state index is -0.343. The number of rotatable bonds is 4. The van der Waals surface area contributed by atoms with Crippen LogP contribution in [0, 0.1) is 0 Å². The molecule has 0 aromatic carbocycles. The third kappa shape index (κ3) is 2.88. The Kier molecular flexibility index (Phi) is 3.95. The summed E-state index contributed by atoms with van der Waals surface area (Å²) in [5.41, 5.74) is 0.696. The Morgan fingerprint density at radius 2 is 2.18 bits per heavy atom. The molecular weight excluding hydrogens is 326 g/mol. The second-order valence-electron chi connectivity index (χ2n) is 4.73. The topological polar surface area (TPSA) is 85.8 Å². The molecule has 0 unspecified atom stereocenters. The van der Waals surface area contributed by atoms with Gasteiger partial charge in [0.25, 0.3) is 11.8 Å². The molecule has 0 saturated carbocycles. The summed E-state index contributed by atoms with van der Waals surface area (Å²) in [5.74, 6) is -0.0461. The van der Waals surface area contributed by atoms with E-state index in [2.05, 4.69) is 20.6 Å². The van der Waals surface area contributed by atoms with Gasteiger partial charge in [-0.25, -0.2) is 0 Å². The number of anilines is 1. The van der Waals surface area contributed by atoms with Crippen LogP contribution in [0.15, 0.2) is 28.8 Å². The van der Waals surface area contributed by atoms with E-state index in [0.29, 0.717) is 20.8 Å². The number of nitrogens with zero attached hydrogens (tertiary/aromatic N) is 4. The van der Waals surface area contributed by atoms with Crippen molar-refractivity contribution in [3.63, 3.8) is 0 Å². The summed E-state index contributed by atoms with van der Waals surface area (Å²) in [6.45, 7) is 3.99. The highest BCUT2D eigenvalue weighted by Gasteiger charge is 2.17. The first-order chi connectivity index (χ1) is 10.5. The molecule has 3 aromatic heterocycles. The summed E-state index contributed by atoms with van der Waals surface area (Å²) in [7, 11) is 0. The van der Waals surface area contributed by atoms with Crippen molar-refractivity contribution in [1.82, 2.24) is 20.0 Å². The molecule has 0 spiro atoms. The molecule has 0 saturated heterocycles. The molecule has 1 N–H and O–H groups in total. The number of hydrogen-bond acceptors (Lipinski definition) is 6. The Hall–Kier alpha value is -2.19. The van der Waals surface area contributed by atoms with Gasteiger partial charge in [-0.1, -0.05) is 16.7 Å². The molecule has 9 heteroatoms. The molecule has 0 radical (unpaired) electrons. The number of hydrogen-bond donors (Lipinski definition) is 1. The zero-order valence-corrected chi connectivity index (χ0v) is 13.4. The van der Waals surface area contributed by atoms with Crippen LogP contribution in [-0.4, -0.2) is 25.9 Å². The summed E-state index contributed by atoms with van der Waals surface area (Å²) in [5, 5.41) is 14.5. The Labute approximate surface area is 134 Å². The van der Waals surface area contributed by atoms with E-state index in [1.807, 2.05) is 13.8 Å². The molecule has 3 rings (SSSR count). The number of amides is 1. The SMILES string of the molecule is CC(C)n1nccc1-c1nnc(NC(=O)c2ccc(Cl)s2)o1. The van der Waals surface area contributed by atoms with Crippen LogP contribution in [0.3, 0.4) is 0 Å². The summed E-state index contributed by atoms with van der Waals surface area (Å²) in [6, 6.07) is 5.25. The molecule has 0 atom stereocenters. The number of carbonyl (C=O) groups excluding carboxylic acids is 1. The fraction of sp³-hybridized carbons (Fsp3) is 0.231. The van der Waals surface area contributed by atoms with E-state index in [9.17, 15) is 4.79 Å². The van der Waals surface area contributed by atoms with E-state index in [0.717, 1.165) is 0 Å². The maximum atomic E-state index is 12.0. The third-order valence-corrected chi connectivity index (χ3v) is 4.05. The standard InChI is InChI=1S/C13H12ClN5O2S/c1-7(2)19-8(5-6-15-19)12-17-18-13(21-12)16-11(20)9-3-4-10(14)22-9/h3-7H,1-2H3,(H,16,18,20). The van der Waals surface area contributed by atoms with Gasteiger partial charge in [0.15, 0.2) is 0 Å². The molecule has 0 aliphatic rings. The van der Waals surface area contributed by atoms with E-state index < -0.39 is 0 Å². The van der Waals surface area contributed by atoms with Crippen molar-refractivity contribution in [3.05, 3.63) is 33.6 Å². The smallest absolute Gasteiger partial charge is 0.322 e. The van der Waals surface area contributed by atoms with Gasteiger partial charge in [-0.05, 0) is 32.0 Å². The molecule has 1 amide bonds. The zero-order chi connectivity index (χ0) is 15.7. The molecule has 22 heavy (non-hydrogen) atoms. The van der Waals surface area contributed by atoms with Crippen LogP contribution < -0.4 is 5.32 Å². The van der Waals surface area contributed by atoms with Crippen LogP contribution >= 0.6 is 22.9 Å². The molecule has 114 valence electrons. The van der Waals surface area contributed by atoms with Crippen molar-refractivity contribution >= 4 is 34.9 Å². The van der Waals surface area contributed by atoms with Crippen molar-refractivity contribution in [3.8, 4) is 11.6 Å². The van der Waals surface area contributed by atoms with Crippen molar-refractivity contribution in [2.45, 2.75) is 19.9 Å². The second-order valence-corrected chi connectivity index (χ2v) is 6.44. The maximum Gasteiger partial charge on any atom is 0.322 e. The Balaban J connectivity index is 1.79. The molecule has 7 nitrogen and oxygen atoms in total. The van der Waals surface area contributed by atoms with Gasteiger partial charge in [0, 0.05) is 12.2 Å². The monoisotopic (exact) mass is 337 g/mol. The number of carbonyl (C=O) groups is 1. The zero-order valence-electron chi connectivity index (χ0n) is 11.8. The highest BCUT2D eigenvalue weighted by molar-refractivity contribution is 7.18. The fourth-order valence-corrected chi connectivity index (χ4v) is 2.81. The average molecular weight is 338 g/mol. The van der Waals surface area contributed by atoms with Crippen LogP contribution in [0.4, 0.5) is 6.01 Å². The number of aromatic nitrogens is 4. The quantitative estimate of drug-likeness (QED) is 0.787. The molecule has 0 fully saturated rings. The van der Waals surface area contributed by atoms with Gasteiger partial charge >= 0.3 is 6.01 Å². The van der Waals surface area contributed by atoms with Gasteiger partial charge in [-0.2, -0.15) is 5.10 Å². The highest BCUT2D eigenvalue weighted by atomic mass is 35.5. The minimum Gasteiger partial charge on any atom is -0.401 e. The van der Waals surface area contributed by atoms with E-state index in [1.165, 1.54) is 11.3 Å². The van der Waals surface area contributed by atoms with Gasteiger partial charge in [0.1, 0.15) is 5.69 Å². The summed E-state index contributed by atoms with van der Waals surface area (Å²) in [6.07, 6.45) is 1.66. The lowest BCUT2D eigenvalue weighted by Gasteiger charge is -2.07. The summed E-state index contributed by atoms with van der Waals surface area (Å²) < 4.78 is 7.78. The van der Waals surface area contributed by atoms with E-state index in [1.54, 1.807) is 29.1 Å². The Bertz CT molecular complexity index is 807. The normalized spacial score (nSPS) is 11.1. The maximum absolute atomic E-state index is 12.0. The Morgan fingerprint density at radius 1 is 1.36 bits per heavy atom. The van der Waals surface area contributed by atoms with Gasteiger partial charge in [-0.3, -0.25) is 14.8 Å². The largest absolute Gasteiger partial charge is 0.401 e. The highest BCUT2D eigenvalue weighted by Crippen LogP contribution is 2.24. The molecule has 0 aliphatic heterocycles. The lowest BCUT2D eigenvalue weighted by atomic mass is 10.3. The molecule has 0 bridgehead atoms.